The van der Waals surface area contributed by atoms with Gasteiger partial charge < -0.3 is 37.9 Å². The first-order chi connectivity index (χ1) is 41.1. The molecule has 2 heterocycles. The number of hydrogen-bond acceptors (Lipinski definition) is 11. The molecule has 1 fully saturated rings. The zero-order valence-electron chi connectivity index (χ0n) is 48.7. The first kappa shape index (κ1) is 62.7. The average Bonchev–Trinajstić information content (AvgIpc) is 4.15. The van der Waals surface area contributed by atoms with Crippen LogP contribution < -0.4 is 5.69 Å². The predicted molar refractivity (Wildman–Crippen MR) is 325 cm³/mol. The van der Waals surface area contributed by atoms with Crippen molar-refractivity contribution >= 4 is 0 Å². The van der Waals surface area contributed by atoms with E-state index in [0.717, 1.165) is 52.6 Å². The maximum absolute atomic E-state index is 14.7. The van der Waals surface area contributed by atoms with E-state index in [-0.39, 0.29) is 46.2 Å². The summed E-state index contributed by atoms with van der Waals surface area (Å²) in [4.78, 5) is 14.7. The molecule has 1 aliphatic rings. The standard InChI is InChI=1S/C70H88N4O9/c1-3-5-6-7-8-9-10-11-12-13-14-33-46-63(77-49-57-36-23-16-24-37-57)65(78-50-58-38-25-17-26-39-58)62(74-70(75)73(47-4-2)71-72-74)54-82-69-68(81-53-61-44-31-20-32-45-61)67(80-52-60-42-29-19-30-43-60)66(79-51-59-40-27-18-28-41-59)64(83-69)55-76-48-56-34-21-15-22-35-56/h4,15-32,34-45,62-69H,2-3,5-14,33,46-55H2,1H3/t62?,63?,64-,65?,66+,67+,68-,69+/m1/s1. The Morgan fingerprint density at radius 3 is 1.40 bits per heavy atom. The minimum atomic E-state index is -1.09. The third-order valence-corrected chi connectivity index (χ3v) is 15.2. The smallest absolute Gasteiger partial charge is 0.364 e. The number of nitrogens with zero attached hydrogens (tertiary/aromatic N) is 4. The molecule has 8 atom stereocenters. The van der Waals surface area contributed by atoms with Crippen molar-refractivity contribution in [2.75, 3.05) is 13.2 Å². The summed E-state index contributed by atoms with van der Waals surface area (Å²) < 4.78 is 59.0. The normalized spacial score (nSPS) is 18.2. The molecule has 0 radical (unpaired) electrons. The van der Waals surface area contributed by atoms with Crippen LogP contribution >= 0.6 is 0 Å². The second-order valence-corrected chi connectivity index (χ2v) is 21.7. The first-order valence-corrected chi connectivity index (χ1v) is 30.4. The molecule has 83 heavy (non-hydrogen) atoms. The molecule has 0 saturated carbocycles. The molecule has 1 saturated heterocycles. The van der Waals surface area contributed by atoms with Gasteiger partial charge in [0.05, 0.1) is 65.5 Å². The summed E-state index contributed by atoms with van der Waals surface area (Å²) in [5.41, 5.74) is 5.50. The number of allylic oxidation sites excluding steroid dienone is 1. The molecule has 0 spiro atoms. The number of ether oxygens (including phenoxy) is 8. The second-order valence-electron chi connectivity index (χ2n) is 21.7. The van der Waals surface area contributed by atoms with Crippen LogP contribution in [0.3, 0.4) is 0 Å². The second kappa shape index (κ2) is 36.3. The highest BCUT2D eigenvalue weighted by Gasteiger charge is 2.50. The van der Waals surface area contributed by atoms with Gasteiger partial charge in [-0.2, -0.15) is 9.36 Å². The topological polar surface area (TPSA) is 127 Å². The molecule has 13 nitrogen and oxygen atoms in total. The molecule has 0 amide bonds. The lowest BCUT2D eigenvalue weighted by molar-refractivity contribution is -0.331. The van der Waals surface area contributed by atoms with Gasteiger partial charge in [-0.25, -0.2) is 4.79 Å². The molecular weight excluding hydrogens is 1040 g/mol. The molecule has 3 unspecified atom stereocenters. The van der Waals surface area contributed by atoms with E-state index in [1.54, 1.807) is 6.08 Å². The fourth-order valence-electron chi connectivity index (χ4n) is 10.6. The van der Waals surface area contributed by atoms with Gasteiger partial charge in [-0.05, 0) is 50.2 Å². The fraction of sp³-hybridized carbons (Fsp3) is 0.443. The maximum Gasteiger partial charge on any atom is 0.364 e. The van der Waals surface area contributed by atoms with Gasteiger partial charge in [0.25, 0.3) is 0 Å². The Kier molecular flexibility index (Phi) is 27.4. The van der Waals surface area contributed by atoms with Crippen LogP contribution in [-0.2, 0) is 84.1 Å². The lowest BCUT2D eigenvalue weighted by atomic mass is 9.97. The zero-order chi connectivity index (χ0) is 57.4. The molecule has 8 rings (SSSR count). The van der Waals surface area contributed by atoms with Gasteiger partial charge >= 0.3 is 5.69 Å². The number of rotatable bonds is 40. The highest BCUT2D eigenvalue weighted by molar-refractivity contribution is 5.18. The Bertz CT molecular complexity index is 2840. The summed E-state index contributed by atoms with van der Waals surface area (Å²) in [5.74, 6) is 0. The van der Waals surface area contributed by atoms with Crippen LogP contribution in [0.1, 0.15) is 130 Å². The zero-order valence-corrected chi connectivity index (χ0v) is 48.7. The minimum Gasteiger partial charge on any atom is -0.374 e. The van der Waals surface area contributed by atoms with Crippen molar-refractivity contribution in [3.05, 3.63) is 239 Å². The van der Waals surface area contributed by atoms with Crippen LogP contribution in [-0.4, -0.2) is 75.9 Å². The molecule has 442 valence electrons. The lowest BCUT2D eigenvalue weighted by Gasteiger charge is -2.46. The molecule has 0 N–H and O–H groups in total. The average molecular weight is 1130 g/mol. The summed E-state index contributed by atoms with van der Waals surface area (Å²) in [6.45, 7) is 8.02. The summed E-state index contributed by atoms with van der Waals surface area (Å²) in [7, 11) is 0. The predicted octanol–water partition coefficient (Wildman–Crippen LogP) is 14.1. The third kappa shape index (κ3) is 21.0. The molecule has 6 aromatic carbocycles. The van der Waals surface area contributed by atoms with Crippen LogP contribution in [0.4, 0.5) is 0 Å². The van der Waals surface area contributed by atoms with E-state index in [4.69, 9.17) is 37.9 Å². The Balaban J connectivity index is 1.14. The van der Waals surface area contributed by atoms with E-state index >= 15 is 0 Å². The summed E-state index contributed by atoms with van der Waals surface area (Å²) in [6.07, 6.45) is 11.6. The van der Waals surface area contributed by atoms with E-state index in [2.05, 4.69) is 36.1 Å². The van der Waals surface area contributed by atoms with Crippen molar-refractivity contribution in [2.24, 2.45) is 0 Å². The van der Waals surface area contributed by atoms with E-state index in [1.807, 2.05) is 170 Å². The largest absolute Gasteiger partial charge is 0.374 e. The maximum atomic E-state index is 14.7. The van der Waals surface area contributed by atoms with Gasteiger partial charge in [-0.1, -0.05) is 272 Å². The number of benzene rings is 6. The highest BCUT2D eigenvalue weighted by atomic mass is 16.7. The van der Waals surface area contributed by atoms with Crippen molar-refractivity contribution in [3.8, 4) is 0 Å². The minimum absolute atomic E-state index is 0.121. The fourth-order valence-corrected chi connectivity index (χ4v) is 10.6. The molecule has 0 bridgehead atoms. The monoisotopic (exact) mass is 1130 g/mol. The van der Waals surface area contributed by atoms with Crippen LogP contribution in [0.25, 0.3) is 0 Å². The Morgan fingerprint density at radius 1 is 0.494 bits per heavy atom. The van der Waals surface area contributed by atoms with Crippen LogP contribution in [0.5, 0.6) is 0 Å². The van der Waals surface area contributed by atoms with E-state index in [9.17, 15) is 4.79 Å². The summed E-state index contributed by atoms with van der Waals surface area (Å²) in [6, 6.07) is 59.6. The number of aromatic nitrogens is 4. The number of tetrazole rings is 1. The van der Waals surface area contributed by atoms with Crippen molar-refractivity contribution in [3.63, 3.8) is 0 Å². The molecule has 0 aliphatic carbocycles. The molecule has 7 aromatic rings. The Labute approximate surface area is 492 Å². The van der Waals surface area contributed by atoms with Gasteiger partial charge in [0, 0.05) is 0 Å². The van der Waals surface area contributed by atoms with Gasteiger partial charge in [0.1, 0.15) is 36.6 Å². The van der Waals surface area contributed by atoms with Crippen molar-refractivity contribution in [1.29, 1.82) is 0 Å². The van der Waals surface area contributed by atoms with Gasteiger partial charge in [-0.15, -0.1) is 6.58 Å². The van der Waals surface area contributed by atoms with Crippen LogP contribution in [0, 0.1) is 0 Å². The quantitative estimate of drug-likeness (QED) is 0.0269. The SMILES string of the molecule is C=CCn1nnn(C(CO[C@H]2O[C@H](COCc3ccccc3)[C@H](OCc3ccccc3)[C@H](OCc3ccccc3)[C@H]2OCc2ccccc2)C(OCc2ccccc2)C(CCCCCCCCCCCCCC)OCc2ccccc2)c1=O. The van der Waals surface area contributed by atoms with Crippen LogP contribution in [0.2, 0.25) is 0 Å². The summed E-state index contributed by atoms with van der Waals surface area (Å²) >= 11 is 0. The Morgan fingerprint density at radius 2 is 0.916 bits per heavy atom. The van der Waals surface area contributed by atoms with Gasteiger partial charge in [0.15, 0.2) is 6.29 Å². The third-order valence-electron chi connectivity index (χ3n) is 15.2. The molecule has 1 aliphatic heterocycles. The van der Waals surface area contributed by atoms with Crippen molar-refractivity contribution < 1.29 is 37.9 Å². The van der Waals surface area contributed by atoms with Crippen molar-refractivity contribution in [2.45, 2.75) is 186 Å². The Hall–Kier alpha value is -6.39. The molecular formula is C70H88N4O9. The van der Waals surface area contributed by atoms with E-state index in [0.29, 0.717) is 19.6 Å². The summed E-state index contributed by atoms with van der Waals surface area (Å²) in [5, 5.41) is 8.94. The van der Waals surface area contributed by atoms with Gasteiger partial charge in [-0.3, -0.25) is 0 Å². The van der Waals surface area contributed by atoms with E-state index < -0.39 is 54.6 Å². The van der Waals surface area contributed by atoms with Gasteiger partial charge in [0.2, 0.25) is 0 Å². The van der Waals surface area contributed by atoms with Crippen LogP contribution in [0.15, 0.2) is 199 Å². The molecule has 13 heteroatoms. The highest BCUT2D eigenvalue weighted by Crippen LogP contribution is 2.34. The first-order valence-electron chi connectivity index (χ1n) is 30.4. The van der Waals surface area contributed by atoms with E-state index in [1.165, 1.54) is 67.2 Å². The number of hydrogen-bond donors (Lipinski definition) is 0. The number of unbranched alkanes of at least 4 members (excludes halogenated alkanes) is 11. The van der Waals surface area contributed by atoms with Crippen molar-refractivity contribution in [1.82, 2.24) is 19.8 Å². The molecule has 1 aromatic heterocycles. The lowest BCUT2D eigenvalue weighted by Crippen LogP contribution is -2.62.